The highest BCUT2D eigenvalue weighted by Gasteiger charge is 2.32. The standard InChI is InChI=1S/C25H21N3O2S2/c1-3-14-28-23(29)22(16-18-10-12-20(13-11-18)30-15-4-2)32-25(28)27-24-26-21(17-31-24)19-8-6-5-7-9-19/h3-13,16-17H,1-2,14-15H2/b22-16-,27-25+. The third-order valence-corrected chi connectivity index (χ3v) is 6.24. The number of aliphatic imine (C=N–C) groups is 1. The van der Waals surface area contributed by atoms with Crippen LogP contribution in [0.15, 0.2) is 95.2 Å². The normalized spacial score (nSPS) is 16.0. The molecular weight excluding hydrogens is 438 g/mol. The predicted octanol–water partition coefficient (Wildman–Crippen LogP) is 6.16. The van der Waals surface area contributed by atoms with Gasteiger partial charge in [0.05, 0.1) is 10.6 Å². The van der Waals surface area contributed by atoms with Gasteiger partial charge in [0.1, 0.15) is 12.4 Å². The molecule has 0 atom stereocenters. The monoisotopic (exact) mass is 459 g/mol. The summed E-state index contributed by atoms with van der Waals surface area (Å²) in [5.41, 5.74) is 2.82. The van der Waals surface area contributed by atoms with Crippen molar-refractivity contribution in [2.24, 2.45) is 4.99 Å². The van der Waals surface area contributed by atoms with Crippen molar-refractivity contribution < 1.29 is 9.53 Å². The van der Waals surface area contributed by atoms with E-state index in [0.29, 0.717) is 28.4 Å². The van der Waals surface area contributed by atoms with E-state index in [1.165, 1.54) is 23.1 Å². The van der Waals surface area contributed by atoms with Crippen LogP contribution in [0.4, 0.5) is 5.13 Å². The minimum Gasteiger partial charge on any atom is -0.490 e. The van der Waals surface area contributed by atoms with Crippen molar-refractivity contribution in [2.75, 3.05) is 13.2 Å². The number of amides is 1. The summed E-state index contributed by atoms with van der Waals surface area (Å²) >= 11 is 2.79. The van der Waals surface area contributed by atoms with E-state index in [-0.39, 0.29) is 5.91 Å². The van der Waals surface area contributed by atoms with Gasteiger partial charge in [-0.15, -0.1) is 17.9 Å². The topological polar surface area (TPSA) is 54.8 Å². The van der Waals surface area contributed by atoms with Gasteiger partial charge < -0.3 is 4.74 Å². The lowest BCUT2D eigenvalue weighted by atomic mass is 10.2. The molecule has 1 saturated heterocycles. The van der Waals surface area contributed by atoms with Gasteiger partial charge in [0.25, 0.3) is 5.91 Å². The van der Waals surface area contributed by atoms with Gasteiger partial charge in [-0.2, -0.15) is 4.99 Å². The fourth-order valence-corrected chi connectivity index (χ4v) is 4.73. The summed E-state index contributed by atoms with van der Waals surface area (Å²) in [5, 5.41) is 3.18. The highest BCUT2D eigenvalue weighted by molar-refractivity contribution is 8.18. The first kappa shape index (κ1) is 21.8. The SMILES string of the molecule is C=CCOc1ccc(/C=C2\S/C(=N/c3nc(-c4ccccc4)cs3)N(CC=C)C2=O)cc1. The van der Waals surface area contributed by atoms with E-state index in [1.807, 2.05) is 66.1 Å². The lowest BCUT2D eigenvalue weighted by Gasteiger charge is -2.11. The summed E-state index contributed by atoms with van der Waals surface area (Å²) in [6.45, 7) is 8.25. The average molecular weight is 460 g/mol. The number of thiazole rings is 1. The van der Waals surface area contributed by atoms with Crippen LogP contribution in [0, 0.1) is 0 Å². The second-order valence-electron chi connectivity index (χ2n) is 6.76. The van der Waals surface area contributed by atoms with E-state index >= 15 is 0 Å². The number of hydrogen-bond donors (Lipinski definition) is 0. The number of amidine groups is 1. The van der Waals surface area contributed by atoms with Crippen molar-refractivity contribution >= 4 is 45.4 Å². The number of nitrogens with zero attached hydrogens (tertiary/aromatic N) is 3. The fraction of sp³-hybridized carbons (Fsp3) is 0.0800. The van der Waals surface area contributed by atoms with Crippen LogP contribution in [0.2, 0.25) is 0 Å². The summed E-state index contributed by atoms with van der Waals surface area (Å²) in [6.07, 6.45) is 5.25. The molecule has 1 aromatic heterocycles. The molecule has 1 aliphatic rings. The van der Waals surface area contributed by atoms with Gasteiger partial charge in [-0.25, -0.2) is 4.98 Å². The van der Waals surface area contributed by atoms with E-state index in [9.17, 15) is 4.79 Å². The Morgan fingerprint density at radius 3 is 2.56 bits per heavy atom. The summed E-state index contributed by atoms with van der Waals surface area (Å²) in [5.74, 6) is 0.659. The number of hydrogen-bond acceptors (Lipinski definition) is 6. The minimum absolute atomic E-state index is 0.0968. The molecule has 0 saturated carbocycles. The first-order chi connectivity index (χ1) is 15.7. The molecular formula is C25H21N3O2S2. The van der Waals surface area contributed by atoms with Crippen LogP contribution in [0.1, 0.15) is 5.56 Å². The van der Waals surface area contributed by atoms with Crippen LogP contribution in [0.25, 0.3) is 17.3 Å². The molecule has 2 aromatic carbocycles. The van der Waals surface area contributed by atoms with Crippen LogP contribution in [0.3, 0.4) is 0 Å². The van der Waals surface area contributed by atoms with Gasteiger partial charge in [0, 0.05) is 17.5 Å². The predicted molar refractivity (Wildman–Crippen MR) is 134 cm³/mol. The van der Waals surface area contributed by atoms with Crippen LogP contribution in [-0.2, 0) is 4.79 Å². The van der Waals surface area contributed by atoms with Gasteiger partial charge in [0.2, 0.25) is 5.13 Å². The van der Waals surface area contributed by atoms with E-state index in [4.69, 9.17) is 4.74 Å². The summed E-state index contributed by atoms with van der Waals surface area (Å²) < 4.78 is 5.51. The molecule has 32 heavy (non-hydrogen) atoms. The largest absolute Gasteiger partial charge is 0.490 e. The van der Waals surface area contributed by atoms with Gasteiger partial charge in [-0.05, 0) is 35.5 Å². The molecule has 0 aliphatic carbocycles. The van der Waals surface area contributed by atoms with Crippen molar-refractivity contribution in [3.63, 3.8) is 0 Å². The zero-order chi connectivity index (χ0) is 22.3. The molecule has 0 spiro atoms. The van der Waals surface area contributed by atoms with E-state index in [2.05, 4.69) is 23.1 Å². The molecule has 1 fully saturated rings. The van der Waals surface area contributed by atoms with Crippen molar-refractivity contribution in [3.8, 4) is 17.0 Å². The second kappa shape index (κ2) is 10.3. The first-order valence-corrected chi connectivity index (χ1v) is 11.6. The molecule has 1 amide bonds. The Balaban J connectivity index is 1.57. The van der Waals surface area contributed by atoms with Gasteiger partial charge >= 0.3 is 0 Å². The highest BCUT2D eigenvalue weighted by atomic mass is 32.2. The third kappa shape index (κ3) is 5.07. The van der Waals surface area contributed by atoms with E-state index in [1.54, 1.807) is 17.1 Å². The number of carbonyl (C=O) groups excluding carboxylic acids is 1. The lowest BCUT2D eigenvalue weighted by Crippen LogP contribution is -2.29. The minimum atomic E-state index is -0.0968. The summed E-state index contributed by atoms with van der Waals surface area (Å²) in [7, 11) is 0. The average Bonchev–Trinajstić information content (AvgIpc) is 3.40. The smallest absolute Gasteiger partial charge is 0.267 e. The Hall–Kier alpha value is -3.42. The molecule has 4 rings (SSSR count). The number of rotatable bonds is 8. The maximum absolute atomic E-state index is 13.0. The fourth-order valence-electron chi connectivity index (χ4n) is 2.99. The Morgan fingerprint density at radius 2 is 1.84 bits per heavy atom. The molecule has 3 aromatic rings. The van der Waals surface area contributed by atoms with Crippen LogP contribution >= 0.6 is 23.1 Å². The van der Waals surface area contributed by atoms with Crippen molar-refractivity contribution in [1.82, 2.24) is 9.88 Å². The number of carbonyl (C=O) groups is 1. The zero-order valence-corrected chi connectivity index (χ0v) is 18.9. The molecule has 5 nitrogen and oxygen atoms in total. The molecule has 7 heteroatoms. The Morgan fingerprint density at radius 1 is 1.06 bits per heavy atom. The zero-order valence-electron chi connectivity index (χ0n) is 17.3. The first-order valence-electron chi connectivity index (χ1n) is 9.93. The van der Waals surface area contributed by atoms with Crippen LogP contribution in [-0.4, -0.2) is 34.1 Å². The number of aromatic nitrogens is 1. The van der Waals surface area contributed by atoms with E-state index < -0.39 is 0 Å². The molecule has 0 unspecified atom stereocenters. The highest BCUT2D eigenvalue weighted by Crippen LogP contribution is 2.35. The van der Waals surface area contributed by atoms with E-state index in [0.717, 1.165) is 22.6 Å². The molecule has 0 N–H and O–H groups in total. The summed E-state index contributed by atoms with van der Waals surface area (Å²) in [6, 6.07) is 17.5. The maximum atomic E-state index is 13.0. The molecule has 0 radical (unpaired) electrons. The second-order valence-corrected chi connectivity index (χ2v) is 8.61. The van der Waals surface area contributed by atoms with Crippen LogP contribution in [0.5, 0.6) is 5.75 Å². The van der Waals surface area contributed by atoms with Gasteiger partial charge in [0.15, 0.2) is 5.17 Å². The Bertz CT molecular complexity index is 1180. The Labute approximate surface area is 195 Å². The molecule has 0 bridgehead atoms. The van der Waals surface area contributed by atoms with Crippen molar-refractivity contribution in [2.45, 2.75) is 0 Å². The van der Waals surface area contributed by atoms with Gasteiger partial charge in [-0.3, -0.25) is 9.69 Å². The number of ether oxygens (including phenoxy) is 1. The quantitative estimate of drug-likeness (QED) is 0.299. The van der Waals surface area contributed by atoms with Gasteiger partial charge in [-0.1, -0.05) is 61.2 Å². The summed E-state index contributed by atoms with van der Waals surface area (Å²) in [4.78, 5) is 24.5. The lowest BCUT2D eigenvalue weighted by molar-refractivity contribution is -0.121. The number of benzene rings is 2. The molecule has 2 heterocycles. The molecule has 160 valence electrons. The number of thioether (sulfide) groups is 1. The van der Waals surface area contributed by atoms with Crippen molar-refractivity contribution in [1.29, 1.82) is 0 Å². The third-order valence-electron chi connectivity index (χ3n) is 4.50. The Kier molecular flexibility index (Phi) is 6.99. The van der Waals surface area contributed by atoms with Crippen LogP contribution < -0.4 is 4.74 Å². The maximum Gasteiger partial charge on any atom is 0.267 e. The van der Waals surface area contributed by atoms with Crippen molar-refractivity contribution in [3.05, 3.63) is 95.8 Å². The molecule has 1 aliphatic heterocycles.